The number of nitrogens with one attached hydrogen (secondary N) is 1. The van der Waals surface area contributed by atoms with Crippen LogP contribution in [0.15, 0.2) is 103 Å². The van der Waals surface area contributed by atoms with Crippen LogP contribution in [0.5, 0.6) is 0 Å². The first-order valence-electron chi connectivity index (χ1n) is 11.4. The molecule has 6 nitrogen and oxygen atoms in total. The minimum Gasteiger partial charge on any atom is -0.477 e. The maximum Gasteiger partial charge on any atom is 0.353 e. The zero-order valence-electron chi connectivity index (χ0n) is 19.5. The van der Waals surface area contributed by atoms with Crippen LogP contribution in [-0.2, 0) is 16.6 Å². The summed E-state index contributed by atoms with van der Waals surface area (Å²) in [7, 11) is -3.49. The summed E-state index contributed by atoms with van der Waals surface area (Å²) < 4.78 is 27.9. The molecule has 5 rings (SSSR count). The molecule has 1 heterocycles. The summed E-state index contributed by atoms with van der Waals surface area (Å²) >= 11 is 0. The van der Waals surface area contributed by atoms with Gasteiger partial charge in [0.1, 0.15) is 5.69 Å². The largest absolute Gasteiger partial charge is 0.477 e. The molecule has 0 saturated carbocycles. The number of hydrogen-bond acceptors (Lipinski definition) is 3. The number of anilines is 1. The van der Waals surface area contributed by atoms with Gasteiger partial charge in [-0.1, -0.05) is 84.9 Å². The first-order chi connectivity index (χ1) is 17.3. The van der Waals surface area contributed by atoms with Crippen LogP contribution in [-0.4, -0.2) is 30.3 Å². The topological polar surface area (TPSA) is 88.4 Å². The maximum atomic E-state index is 12.6. The van der Waals surface area contributed by atoms with E-state index >= 15 is 0 Å². The maximum absolute atomic E-state index is 12.6. The average molecular weight is 497 g/mol. The van der Waals surface area contributed by atoms with E-state index in [-0.39, 0.29) is 5.69 Å². The predicted molar refractivity (Wildman–Crippen MR) is 144 cm³/mol. The number of nitrogens with zero attached hydrogens (tertiary/aromatic N) is 1. The van der Waals surface area contributed by atoms with E-state index in [4.69, 9.17) is 0 Å². The Bertz CT molecular complexity index is 1660. The van der Waals surface area contributed by atoms with Crippen molar-refractivity contribution >= 4 is 32.6 Å². The zero-order chi connectivity index (χ0) is 25.3. The first kappa shape index (κ1) is 23.4. The van der Waals surface area contributed by atoms with E-state index in [0.29, 0.717) is 28.7 Å². The zero-order valence-corrected chi connectivity index (χ0v) is 20.4. The second-order valence-electron chi connectivity index (χ2n) is 8.65. The molecule has 1 aromatic heterocycles. The molecule has 0 aliphatic heterocycles. The van der Waals surface area contributed by atoms with Crippen LogP contribution in [0.2, 0.25) is 0 Å². The van der Waals surface area contributed by atoms with E-state index in [1.807, 2.05) is 84.9 Å². The Labute approximate surface area is 209 Å². The Kier molecular flexibility index (Phi) is 6.08. The molecule has 0 bridgehead atoms. The summed E-state index contributed by atoms with van der Waals surface area (Å²) in [6, 6.07) is 32.5. The smallest absolute Gasteiger partial charge is 0.353 e. The van der Waals surface area contributed by atoms with Gasteiger partial charge in [-0.3, -0.25) is 4.72 Å². The number of sulfonamides is 1. The Morgan fingerprint density at radius 2 is 1.39 bits per heavy atom. The fourth-order valence-corrected chi connectivity index (χ4v) is 5.09. The highest BCUT2D eigenvalue weighted by Crippen LogP contribution is 2.37. The molecule has 0 spiro atoms. The van der Waals surface area contributed by atoms with Gasteiger partial charge in [0, 0.05) is 28.7 Å². The number of benzene rings is 4. The van der Waals surface area contributed by atoms with E-state index < -0.39 is 16.0 Å². The third kappa shape index (κ3) is 4.74. The summed E-state index contributed by atoms with van der Waals surface area (Å²) in [6.07, 6.45) is 1.09. The summed E-state index contributed by atoms with van der Waals surface area (Å²) in [5.74, 6) is -1.05. The van der Waals surface area contributed by atoms with Gasteiger partial charge in [0.25, 0.3) is 0 Å². The van der Waals surface area contributed by atoms with Crippen molar-refractivity contribution in [1.29, 1.82) is 0 Å². The highest BCUT2D eigenvalue weighted by molar-refractivity contribution is 7.92. The molecular weight excluding hydrogens is 472 g/mol. The molecule has 0 atom stereocenters. The molecular formula is C29H24N2O4S. The number of fused-ring (bicyclic) bond motifs is 1. The minimum absolute atomic E-state index is 0.153. The summed E-state index contributed by atoms with van der Waals surface area (Å²) in [6.45, 7) is 0.346. The number of aromatic nitrogens is 1. The van der Waals surface area contributed by atoms with Crippen molar-refractivity contribution in [3.05, 3.63) is 114 Å². The van der Waals surface area contributed by atoms with Crippen molar-refractivity contribution in [2.45, 2.75) is 6.54 Å². The van der Waals surface area contributed by atoms with Gasteiger partial charge in [-0.2, -0.15) is 0 Å². The summed E-state index contributed by atoms with van der Waals surface area (Å²) in [4.78, 5) is 12.6. The van der Waals surface area contributed by atoms with Crippen LogP contribution in [0.1, 0.15) is 16.1 Å². The molecule has 36 heavy (non-hydrogen) atoms. The van der Waals surface area contributed by atoms with Crippen molar-refractivity contribution in [1.82, 2.24) is 4.57 Å². The highest BCUT2D eigenvalue weighted by Gasteiger charge is 2.24. The molecule has 0 fully saturated rings. The Morgan fingerprint density at radius 1 is 0.806 bits per heavy atom. The van der Waals surface area contributed by atoms with E-state index in [1.165, 1.54) is 0 Å². The van der Waals surface area contributed by atoms with E-state index in [9.17, 15) is 18.3 Å². The van der Waals surface area contributed by atoms with Gasteiger partial charge in [-0.05, 0) is 40.5 Å². The van der Waals surface area contributed by atoms with Gasteiger partial charge < -0.3 is 9.67 Å². The predicted octanol–water partition coefficient (Wildman–Crippen LogP) is 6.09. The minimum atomic E-state index is -3.49. The third-order valence-corrected chi connectivity index (χ3v) is 6.64. The van der Waals surface area contributed by atoms with Crippen LogP contribution in [0.25, 0.3) is 33.2 Å². The van der Waals surface area contributed by atoms with Crippen LogP contribution in [0.3, 0.4) is 0 Å². The lowest BCUT2D eigenvalue weighted by Crippen LogP contribution is -2.10. The number of carbonyl (C=O) groups is 1. The molecule has 4 aromatic carbocycles. The number of hydrogen-bond donors (Lipinski definition) is 2. The molecule has 0 aliphatic carbocycles. The standard InChI is InChI=1S/C29H24N2O4S/c1-36(34,35)30-24-16-17-26-25(18-24)27(23-10-6-3-7-11-23)28(29(32)33)31(26)19-20-12-14-22(15-13-20)21-8-4-2-5-9-21/h2-18,30H,19H2,1H3,(H,32,33). The van der Waals surface area contributed by atoms with Gasteiger partial charge in [0.2, 0.25) is 10.0 Å². The van der Waals surface area contributed by atoms with Crippen LogP contribution in [0, 0.1) is 0 Å². The molecule has 0 radical (unpaired) electrons. The van der Waals surface area contributed by atoms with Gasteiger partial charge >= 0.3 is 5.97 Å². The van der Waals surface area contributed by atoms with Crippen LogP contribution < -0.4 is 4.72 Å². The number of rotatable bonds is 7. The normalized spacial score (nSPS) is 11.5. The summed E-state index contributed by atoms with van der Waals surface area (Å²) in [5, 5.41) is 11.0. The monoisotopic (exact) mass is 496 g/mol. The molecule has 0 saturated heterocycles. The Balaban J connectivity index is 1.66. The lowest BCUT2D eigenvalue weighted by molar-refractivity contribution is 0.0687. The van der Waals surface area contributed by atoms with Gasteiger partial charge in [0.15, 0.2) is 0 Å². The third-order valence-electron chi connectivity index (χ3n) is 6.03. The lowest BCUT2D eigenvalue weighted by atomic mass is 10.0. The molecule has 5 aromatic rings. The number of carboxylic acid groups (broad SMARTS) is 1. The molecule has 0 aliphatic rings. The quantitative estimate of drug-likeness (QED) is 0.285. The van der Waals surface area contributed by atoms with E-state index in [1.54, 1.807) is 22.8 Å². The first-order valence-corrected chi connectivity index (χ1v) is 13.3. The Morgan fingerprint density at radius 3 is 1.97 bits per heavy atom. The van der Waals surface area contributed by atoms with Gasteiger partial charge in [-0.25, -0.2) is 13.2 Å². The second kappa shape index (κ2) is 9.36. The average Bonchev–Trinajstić information content (AvgIpc) is 3.18. The van der Waals surface area contributed by atoms with Gasteiger partial charge in [0.05, 0.1) is 6.26 Å². The second-order valence-corrected chi connectivity index (χ2v) is 10.4. The van der Waals surface area contributed by atoms with Gasteiger partial charge in [-0.15, -0.1) is 0 Å². The number of aromatic carboxylic acids is 1. The van der Waals surface area contributed by atoms with Crippen molar-refractivity contribution in [2.24, 2.45) is 0 Å². The van der Waals surface area contributed by atoms with Crippen LogP contribution >= 0.6 is 0 Å². The van der Waals surface area contributed by atoms with Crippen molar-refractivity contribution in [3.8, 4) is 22.3 Å². The molecule has 0 unspecified atom stereocenters. The van der Waals surface area contributed by atoms with Crippen molar-refractivity contribution in [2.75, 3.05) is 11.0 Å². The van der Waals surface area contributed by atoms with Crippen molar-refractivity contribution in [3.63, 3.8) is 0 Å². The number of carboxylic acids is 1. The van der Waals surface area contributed by atoms with Crippen LogP contribution in [0.4, 0.5) is 5.69 Å². The molecule has 0 amide bonds. The molecule has 180 valence electrons. The summed E-state index contributed by atoms with van der Waals surface area (Å²) in [5.41, 5.74) is 5.68. The van der Waals surface area contributed by atoms with Crippen molar-refractivity contribution < 1.29 is 18.3 Å². The fourth-order valence-electron chi connectivity index (χ4n) is 4.53. The Hall–Kier alpha value is -4.36. The lowest BCUT2D eigenvalue weighted by Gasteiger charge is -2.11. The fraction of sp³-hybridized carbons (Fsp3) is 0.0690. The van der Waals surface area contributed by atoms with E-state index in [0.717, 1.165) is 28.5 Å². The molecule has 2 N–H and O–H groups in total. The molecule has 7 heteroatoms. The SMILES string of the molecule is CS(=O)(=O)Nc1ccc2c(c1)c(-c1ccccc1)c(C(=O)O)n2Cc1ccc(-c2ccccc2)cc1. The van der Waals surface area contributed by atoms with E-state index in [2.05, 4.69) is 4.72 Å². The highest BCUT2D eigenvalue weighted by atomic mass is 32.2.